The molecule has 2 aromatic heterocycles. The van der Waals surface area contributed by atoms with Crippen LogP contribution in [0.3, 0.4) is 0 Å². The number of hydrogen-bond acceptors (Lipinski definition) is 3. The Morgan fingerprint density at radius 2 is 2.18 bits per heavy atom. The van der Waals surface area contributed by atoms with Crippen molar-refractivity contribution in [2.24, 2.45) is 0 Å². The smallest absolute Gasteiger partial charge is 0.125 e. The Morgan fingerprint density at radius 1 is 1.41 bits per heavy atom. The number of aromatic nitrogens is 2. The summed E-state index contributed by atoms with van der Waals surface area (Å²) < 4.78 is 7.46. The van der Waals surface area contributed by atoms with Gasteiger partial charge in [0, 0.05) is 6.20 Å². The van der Waals surface area contributed by atoms with Gasteiger partial charge in [0.2, 0.25) is 0 Å². The lowest BCUT2D eigenvalue weighted by Gasteiger charge is -1.99. The van der Waals surface area contributed by atoms with Crippen LogP contribution in [0, 0.1) is 6.92 Å². The van der Waals surface area contributed by atoms with Gasteiger partial charge in [0.05, 0.1) is 23.8 Å². The summed E-state index contributed by atoms with van der Waals surface area (Å²) in [5.41, 5.74) is 0.839. The molecule has 0 radical (unpaired) electrons. The molecule has 4 nitrogen and oxygen atoms in total. The first kappa shape index (κ1) is 12.2. The SMILES string of the molecule is CCNCc1ccc(Cn2cc(Cl)c(C)n2)o1. The van der Waals surface area contributed by atoms with Crippen LogP contribution in [0.15, 0.2) is 22.7 Å². The second-order valence-corrected chi connectivity index (χ2v) is 4.32. The topological polar surface area (TPSA) is 43.0 Å². The maximum absolute atomic E-state index is 5.95. The van der Waals surface area contributed by atoms with Crippen molar-refractivity contribution in [3.8, 4) is 0 Å². The zero-order valence-corrected chi connectivity index (χ0v) is 10.8. The second kappa shape index (κ2) is 5.38. The summed E-state index contributed by atoms with van der Waals surface area (Å²) in [4.78, 5) is 0. The van der Waals surface area contributed by atoms with E-state index in [1.807, 2.05) is 25.3 Å². The predicted octanol–water partition coefficient (Wildman–Crippen LogP) is 2.60. The highest BCUT2D eigenvalue weighted by molar-refractivity contribution is 6.31. The Morgan fingerprint density at radius 3 is 2.82 bits per heavy atom. The zero-order chi connectivity index (χ0) is 12.3. The largest absolute Gasteiger partial charge is 0.463 e. The van der Waals surface area contributed by atoms with Crippen LogP contribution in [0.5, 0.6) is 0 Å². The van der Waals surface area contributed by atoms with Crippen molar-refractivity contribution in [1.82, 2.24) is 15.1 Å². The molecule has 2 aromatic rings. The Bertz CT molecular complexity index is 470. The third-order valence-corrected chi connectivity index (χ3v) is 2.84. The standard InChI is InChI=1S/C12H16ClN3O/c1-3-14-6-10-4-5-11(17-10)7-16-8-12(13)9(2)15-16/h4-5,8,14H,3,6-7H2,1-2H3. The van der Waals surface area contributed by atoms with Crippen LogP contribution in [0.1, 0.15) is 24.1 Å². The van der Waals surface area contributed by atoms with Crippen molar-refractivity contribution in [2.45, 2.75) is 26.9 Å². The highest BCUT2D eigenvalue weighted by atomic mass is 35.5. The predicted molar refractivity (Wildman–Crippen MR) is 67.2 cm³/mol. The molecule has 2 rings (SSSR count). The first-order valence-corrected chi connectivity index (χ1v) is 6.04. The summed E-state index contributed by atoms with van der Waals surface area (Å²) in [7, 11) is 0. The molecular weight excluding hydrogens is 238 g/mol. The van der Waals surface area contributed by atoms with Gasteiger partial charge in [-0.1, -0.05) is 18.5 Å². The summed E-state index contributed by atoms with van der Waals surface area (Å²) in [6.07, 6.45) is 1.81. The molecule has 0 bridgehead atoms. The number of aryl methyl sites for hydroxylation is 1. The summed E-state index contributed by atoms with van der Waals surface area (Å²) in [5, 5.41) is 8.19. The highest BCUT2D eigenvalue weighted by Crippen LogP contribution is 2.14. The summed E-state index contributed by atoms with van der Waals surface area (Å²) >= 11 is 5.95. The van der Waals surface area contributed by atoms with Crippen molar-refractivity contribution in [1.29, 1.82) is 0 Å². The normalized spacial score (nSPS) is 11.0. The van der Waals surface area contributed by atoms with Crippen LogP contribution in [-0.4, -0.2) is 16.3 Å². The summed E-state index contributed by atoms with van der Waals surface area (Å²) in [5.74, 6) is 1.83. The highest BCUT2D eigenvalue weighted by Gasteiger charge is 2.06. The molecule has 17 heavy (non-hydrogen) atoms. The molecular formula is C12H16ClN3O. The maximum atomic E-state index is 5.95. The Labute approximate surface area is 106 Å². The van der Waals surface area contributed by atoms with E-state index < -0.39 is 0 Å². The van der Waals surface area contributed by atoms with Gasteiger partial charge in [-0.15, -0.1) is 0 Å². The third-order valence-electron chi connectivity index (χ3n) is 2.47. The van der Waals surface area contributed by atoms with Gasteiger partial charge in [-0.05, 0) is 25.6 Å². The van der Waals surface area contributed by atoms with Crippen molar-refractivity contribution in [3.05, 3.63) is 40.6 Å². The van der Waals surface area contributed by atoms with Crippen LogP contribution in [-0.2, 0) is 13.1 Å². The number of nitrogens with zero attached hydrogens (tertiary/aromatic N) is 2. The van der Waals surface area contributed by atoms with Gasteiger partial charge in [-0.2, -0.15) is 5.10 Å². The molecule has 0 saturated heterocycles. The van der Waals surface area contributed by atoms with Gasteiger partial charge in [-0.3, -0.25) is 4.68 Å². The minimum atomic E-state index is 0.611. The lowest BCUT2D eigenvalue weighted by molar-refractivity contribution is 0.432. The lowest BCUT2D eigenvalue weighted by atomic mass is 10.4. The Balaban J connectivity index is 2.01. The van der Waals surface area contributed by atoms with Crippen LogP contribution in [0.4, 0.5) is 0 Å². The van der Waals surface area contributed by atoms with E-state index in [1.165, 1.54) is 0 Å². The molecule has 0 unspecified atom stereocenters. The summed E-state index contributed by atoms with van der Waals surface area (Å²) in [6.45, 7) is 6.26. The number of halogens is 1. The van der Waals surface area contributed by atoms with Gasteiger partial charge >= 0.3 is 0 Å². The Hall–Kier alpha value is -1.26. The van der Waals surface area contributed by atoms with Crippen molar-refractivity contribution >= 4 is 11.6 Å². The first-order valence-electron chi connectivity index (χ1n) is 5.67. The van der Waals surface area contributed by atoms with E-state index in [9.17, 15) is 0 Å². The number of nitrogens with one attached hydrogen (secondary N) is 1. The fraction of sp³-hybridized carbons (Fsp3) is 0.417. The van der Waals surface area contributed by atoms with E-state index in [4.69, 9.17) is 16.0 Å². The third kappa shape index (κ3) is 3.11. The van der Waals surface area contributed by atoms with Gasteiger partial charge in [0.25, 0.3) is 0 Å². The van der Waals surface area contributed by atoms with Gasteiger partial charge < -0.3 is 9.73 Å². The molecule has 0 atom stereocenters. The molecule has 0 amide bonds. The molecule has 2 heterocycles. The first-order chi connectivity index (χ1) is 8.19. The maximum Gasteiger partial charge on any atom is 0.125 e. The molecule has 0 spiro atoms. The van der Waals surface area contributed by atoms with Crippen molar-refractivity contribution < 1.29 is 4.42 Å². The van der Waals surface area contributed by atoms with E-state index in [-0.39, 0.29) is 0 Å². The van der Waals surface area contributed by atoms with Gasteiger partial charge in [0.1, 0.15) is 11.5 Å². The molecule has 0 aliphatic carbocycles. The minimum absolute atomic E-state index is 0.611. The number of rotatable bonds is 5. The molecule has 5 heteroatoms. The number of hydrogen-bond donors (Lipinski definition) is 1. The molecule has 0 aliphatic rings. The van der Waals surface area contributed by atoms with Crippen LogP contribution < -0.4 is 5.32 Å². The van der Waals surface area contributed by atoms with E-state index in [1.54, 1.807) is 4.68 Å². The Kier molecular flexibility index (Phi) is 3.86. The second-order valence-electron chi connectivity index (χ2n) is 3.91. The van der Waals surface area contributed by atoms with Crippen molar-refractivity contribution in [3.63, 3.8) is 0 Å². The summed E-state index contributed by atoms with van der Waals surface area (Å²) in [6, 6.07) is 3.95. The molecule has 0 aromatic carbocycles. The van der Waals surface area contributed by atoms with Crippen LogP contribution in [0.2, 0.25) is 5.02 Å². The molecule has 0 fully saturated rings. The minimum Gasteiger partial charge on any atom is -0.463 e. The van der Waals surface area contributed by atoms with Gasteiger partial charge in [0.15, 0.2) is 0 Å². The quantitative estimate of drug-likeness (QED) is 0.891. The van der Waals surface area contributed by atoms with Crippen LogP contribution in [0.25, 0.3) is 0 Å². The molecule has 0 aliphatic heterocycles. The van der Waals surface area contributed by atoms with E-state index in [0.29, 0.717) is 11.6 Å². The van der Waals surface area contributed by atoms with E-state index >= 15 is 0 Å². The average molecular weight is 254 g/mol. The van der Waals surface area contributed by atoms with E-state index in [0.717, 1.165) is 30.3 Å². The zero-order valence-electron chi connectivity index (χ0n) is 10.0. The number of furan rings is 1. The van der Waals surface area contributed by atoms with E-state index in [2.05, 4.69) is 17.3 Å². The molecule has 92 valence electrons. The average Bonchev–Trinajstić information content (AvgIpc) is 2.85. The molecule has 0 saturated carbocycles. The van der Waals surface area contributed by atoms with Gasteiger partial charge in [-0.25, -0.2) is 0 Å². The monoisotopic (exact) mass is 253 g/mol. The fourth-order valence-electron chi connectivity index (χ4n) is 1.58. The lowest BCUT2D eigenvalue weighted by Crippen LogP contribution is -2.10. The van der Waals surface area contributed by atoms with Crippen molar-refractivity contribution in [2.75, 3.05) is 6.54 Å². The molecule has 1 N–H and O–H groups in total. The fourth-order valence-corrected chi connectivity index (χ4v) is 1.74. The van der Waals surface area contributed by atoms with Crippen LogP contribution >= 0.6 is 11.6 Å².